The van der Waals surface area contributed by atoms with Gasteiger partial charge in [-0.15, -0.1) is 0 Å². The standard InChI is InChI=1S/C8H14O3/c1-5(2)8-3-6(9)7(10)4-11-8/h4-6,8-10H,3H2,1-2H3/t6?,8-/m1/s1. The zero-order valence-corrected chi connectivity index (χ0v) is 6.82. The summed E-state index contributed by atoms with van der Waals surface area (Å²) in [5.74, 6) is 0.302. The fourth-order valence-electron chi connectivity index (χ4n) is 1.06. The molecule has 0 saturated carbocycles. The Labute approximate surface area is 66.3 Å². The molecule has 64 valence electrons. The number of ether oxygens (including phenoxy) is 1. The molecule has 1 aliphatic heterocycles. The van der Waals surface area contributed by atoms with Gasteiger partial charge in [0.1, 0.15) is 18.5 Å². The van der Waals surface area contributed by atoms with Crippen molar-refractivity contribution in [1.82, 2.24) is 0 Å². The first-order valence-electron chi connectivity index (χ1n) is 3.84. The lowest BCUT2D eigenvalue weighted by Crippen LogP contribution is -2.29. The van der Waals surface area contributed by atoms with E-state index in [9.17, 15) is 5.11 Å². The Kier molecular flexibility index (Phi) is 2.39. The molecule has 1 unspecified atom stereocenters. The van der Waals surface area contributed by atoms with Gasteiger partial charge >= 0.3 is 0 Å². The van der Waals surface area contributed by atoms with E-state index in [1.54, 1.807) is 0 Å². The van der Waals surface area contributed by atoms with Gasteiger partial charge in [0.2, 0.25) is 0 Å². The van der Waals surface area contributed by atoms with Crippen molar-refractivity contribution in [3.63, 3.8) is 0 Å². The first kappa shape index (κ1) is 8.40. The van der Waals surface area contributed by atoms with Gasteiger partial charge in [0.05, 0.1) is 0 Å². The minimum atomic E-state index is -0.740. The van der Waals surface area contributed by atoms with Gasteiger partial charge in [0.15, 0.2) is 5.76 Å². The summed E-state index contributed by atoms with van der Waals surface area (Å²) in [6, 6.07) is 0. The SMILES string of the molecule is CC(C)[C@H]1CC(O)C(O)=CO1. The summed E-state index contributed by atoms with van der Waals surface area (Å²) in [4.78, 5) is 0. The van der Waals surface area contributed by atoms with E-state index < -0.39 is 6.10 Å². The van der Waals surface area contributed by atoms with Crippen molar-refractivity contribution in [2.45, 2.75) is 32.5 Å². The van der Waals surface area contributed by atoms with E-state index in [4.69, 9.17) is 9.84 Å². The third-order valence-electron chi connectivity index (χ3n) is 1.90. The minimum Gasteiger partial charge on any atom is -0.507 e. The molecule has 0 aromatic rings. The highest BCUT2D eigenvalue weighted by Gasteiger charge is 2.25. The lowest BCUT2D eigenvalue weighted by Gasteiger charge is -2.27. The highest BCUT2D eigenvalue weighted by Crippen LogP contribution is 2.21. The van der Waals surface area contributed by atoms with Crippen LogP contribution in [-0.2, 0) is 4.74 Å². The number of hydrogen-bond acceptors (Lipinski definition) is 3. The Morgan fingerprint density at radius 3 is 2.73 bits per heavy atom. The van der Waals surface area contributed by atoms with Crippen LogP contribution in [0, 0.1) is 5.92 Å². The molecule has 0 aromatic carbocycles. The molecule has 0 spiro atoms. The highest BCUT2D eigenvalue weighted by molar-refractivity contribution is 4.98. The lowest BCUT2D eigenvalue weighted by atomic mass is 9.99. The van der Waals surface area contributed by atoms with Crippen LogP contribution in [0.2, 0.25) is 0 Å². The predicted molar refractivity (Wildman–Crippen MR) is 41.0 cm³/mol. The summed E-state index contributed by atoms with van der Waals surface area (Å²) in [6.07, 6.45) is 1.01. The average molecular weight is 158 g/mol. The number of rotatable bonds is 1. The monoisotopic (exact) mass is 158 g/mol. The van der Waals surface area contributed by atoms with Crippen LogP contribution in [0.3, 0.4) is 0 Å². The van der Waals surface area contributed by atoms with Gasteiger partial charge in [-0.25, -0.2) is 0 Å². The normalized spacial score (nSPS) is 31.5. The Morgan fingerprint density at radius 2 is 2.27 bits per heavy atom. The molecule has 2 N–H and O–H groups in total. The highest BCUT2D eigenvalue weighted by atomic mass is 16.5. The quantitative estimate of drug-likeness (QED) is 0.602. The molecule has 1 aliphatic rings. The zero-order valence-electron chi connectivity index (χ0n) is 6.82. The van der Waals surface area contributed by atoms with Crippen molar-refractivity contribution in [2.24, 2.45) is 5.92 Å². The van der Waals surface area contributed by atoms with E-state index in [1.807, 2.05) is 13.8 Å². The summed E-state index contributed by atoms with van der Waals surface area (Å²) in [5.41, 5.74) is 0. The molecule has 1 rings (SSSR count). The van der Waals surface area contributed by atoms with Crippen molar-refractivity contribution >= 4 is 0 Å². The molecule has 0 radical (unpaired) electrons. The molecule has 0 amide bonds. The molecule has 0 aromatic heterocycles. The largest absolute Gasteiger partial charge is 0.507 e. The van der Waals surface area contributed by atoms with Crippen molar-refractivity contribution in [1.29, 1.82) is 0 Å². The van der Waals surface area contributed by atoms with Crippen LogP contribution in [0.15, 0.2) is 12.0 Å². The van der Waals surface area contributed by atoms with Crippen LogP contribution >= 0.6 is 0 Å². The maximum Gasteiger partial charge on any atom is 0.155 e. The lowest BCUT2D eigenvalue weighted by molar-refractivity contribution is 0.00424. The summed E-state index contributed by atoms with van der Waals surface area (Å²) in [6.45, 7) is 4.04. The van der Waals surface area contributed by atoms with Gasteiger partial charge in [-0.3, -0.25) is 0 Å². The number of aliphatic hydroxyl groups excluding tert-OH is 2. The van der Waals surface area contributed by atoms with E-state index in [1.165, 1.54) is 6.26 Å². The maximum atomic E-state index is 9.20. The molecule has 2 atom stereocenters. The van der Waals surface area contributed by atoms with Crippen LogP contribution in [0.4, 0.5) is 0 Å². The summed E-state index contributed by atoms with van der Waals surface area (Å²) in [5, 5.41) is 18.2. The van der Waals surface area contributed by atoms with Crippen LogP contribution in [0.25, 0.3) is 0 Å². The van der Waals surface area contributed by atoms with Gasteiger partial charge < -0.3 is 14.9 Å². The predicted octanol–water partition coefficient (Wildman–Crippen LogP) is 1.19. The Hall–Kier alpha value is -0.700. The summed E-state index contributed by atoms with van der Waals surface area (Å²) in [7, 11) is 0. The topological polar surface area (TPSA) is 49.7 Å². The molecule has 0 aliphatic carbocycles. The molecular formula is C8H14O3. The second-order valence-electron chi connectivity index (χ2n) is 3.21. The minimum absolute atomic E-state index is 0.0286. The van der Waals surface area contributed by atoms with Gasteiger partial charge in [0, 0.05) is 6.42 Å². The summed E-state index contributed by atoms with van der Waals surface area (Å²) < 4.78 is 5.15. The molecule has 3 nitrogen and oxygen atoms in total. The molecular weight excluding hydrogens is 144 g/mol. The maximum absolute atomic E-state index is 9.20. The third kappa shape index (κ3) is 1.87. The van der Waals surface area contributed by atoms with E-state index >= 15 is 0 Å². The van der Waals surface area contributed by atoms with E-state index in [-0.39, 0.29) is 11.9 Å². The summed E-state index contributed by atoms with van der Waals surface area (Å²) >= 11 is 0. The number of hydrogen-bond donors (Lipinski definition) is 2. The van der Waals surface area contributed by atoms with Gasteiger partial charge in [0.25, 0.3) is 0 Å². The average Bonchev–Trinajstić information content (AvgIpc) is 1.94. The van der Waals surface area contributed by atoms with Crippen molar-refractivity contribution in [2.75, 3.05) is 0 Å². The Morgan fingerprint density at radius 1 is 1.64 bits per heavy atom. The van der Waals surface area contributed by atoms with Gasteiger partial charge in [-0.1, -0.05) is 13.8 Å². The fourth-order valence-corrected chi connectivity index (χ4v) is 1.06. The van der Waals surface area contributed by atoms with Crippen molar-refractivity contribution < 1.29 is 14.9 Å². The second kappa shape index (κ2) is 3.13. The Balaban J connectivity index is 2.55. The first-order chi connectivity index (χ1) is 5.11. The van der Waals surface area contributed by atoms with Crippen LogP contribution < -0.4 is 0 Å². The van der Waals surface area contributed by atoms with Crippen LogP contribution in [0.5, 0.6) is 0 Å². The first-order valence-corrected chi connectivity index (χ1v) is 3.84. The molecule has 0 bridgehead atoms. The van der Waals surface area contributed by atoms with E-state index in [0.717, 1.165) is 0 Å². The second-order valence-corrected chi connectivity index (χ2v) is 3.21. The molecule has 0 fully saturated rings. The molecule has 11 heavy (non-hydrogen) atoms. The van der Waals surface area contributed by atoms with E-state index in [2.05, 4.69) is 0 Å². The zero-order chi connectivity index (χ0) is 8.43. The molecule has 0 saturated heterocycles. The fraction of sp³-hybridized carbons (Fsp3) is 0.750. The smallest absolute Gasteiger partial charge is 0.155 e. The number of aliphatic hydroxyl groups is 2. The van der Waals surface area contributed by atoms with Crippen LogP contribution in [-0.4, -0.2) is 22.4 Å². The van der Waals surface area contributed by atoms with Crippen LogP contribution in [0.1, 0.15) is 20.3 Å². The Bertz CT molecular complexity index is 163. The molecule has 1 heterocycles. The van der Waals surface area contributed by atoms with Crippen molar-refractivity contribution in [3.8, 4) is 0 Å². The van der Waals surface area contributed by atoms with Gasteiger partial charge in [-0.05, 0) is 5.92 Å². The molecule has 3 heteroatoms. The van der Waals surface area contributed by atoms with Gasteiger partial charge in [-0.2, -0.15) is 0 Å². The third-order valence-corrected chi connectivity index (χ3v) is 1.90. The van der Waals surface area contributed by atoms with E-state index in [0.29, 0.717) is 12.3 Å². The van der Waals surface area contributed by atoms with Crippen molar-refractivity contribution in [3.05, 3.63) is 12.0 Å².